The van der Waals surface area contributed by atoms with Crippen molar-refractivity contribution in [2.24, 2.45) is 0 Å². The van der Waals surface area contributed by atoms with E-state index in [9.17, 15) is 0 Å². The molecule has 0 aromatic heterocycles. The predicted molar refractivity (Wildman–Crippen MR) is 123 cm³/mol. The van der Waals surface area contributed by atoms with E-state index >= 15 is 0 Å². The van der Waals surface area contributed by atoms with Crippen molar-refractivity contribution in [2.75, 3.05) is 0 Å². The molecule has 33 heavy (non-hydrogen) atoms. The SMILES string of the molecule is [C-]1=CC=CC1.[Cl-].[Cl-].[Cl-].[Ti+3].[c-]1ccccc1.[c-]1ccccc1.[c-]1ccccc1.[c-]1ccccc1. The fourth-order valence-corrected chi connectivity index (χ4v) is 1.71. The maximum atomic E-state index is 2.99. The van der Waals surface area contributed by atoms with Crippen LogP contribution in [0.3, 0.4) is 0 Å². The molecule has 0 bridgehead atoms. The molecule has 0 unspecified atom stereocenters. The van der Waals surface area contributed by atoms with Gasteiger partial charge in [-0.25, -0.2) is 12.2 Å². The van der Waals surface area contributed by atoms with Gasteiger partial charge in [0.05, 0.1) is 0 Å². The van der Waals surface area contributed by atoms with E-state index in [2.05, 4.69) is 36.4 Å². The molecule has 4 heteroatoms. The summed E-state index contributed by atoms with van der Waals surface area (Å²) >= 11 is 0. The van der Waals surface area contributed by atoms with Gasteiger partial charge in [-0.3, -0.25) is 6.08 Å². The normalized spacial score (nSPS) is 8.48. The van der Waals surface area contributed by atoms with Crippen molar-refractivity contribution in [3.8, 4) is 0 Å². The standard InChI is InChI=1S/4C6H5.C5H5.3ClH.Ti/c4*1-2-4-6-5-3-1;1-2-4-5-3-1;;;;/h4*1-5H;1-3H,4H2;3*1H;/q5*-1;;;;+3/p-3. The van der Waals surface area contributed by atoms with Crippen LogP contribution in [0.2, 0.25) is 0 Å². The number of hydrogen-bond donors (Lipinski definition) is 0. The number of halogens is 3. The minimum Gasteiger partial charge on any atom is -1.00 e. The largest absolute Gasteiger partial charge is 3.00 e. The van der Waals surface area contributed by atoms with Gasteiger partial charge in [0.15, 0.2) is 0 Å². The van der Waals surface area contributed by atoms with Crippen molar-refractivity contribution in [2.45, 2.75) is 6.42 Å². The van der Waals surface area contributed by atoms with Crippen LogP contribution in [0.25, 0.3) is 0 Å². The molecule has 0 saturated heterocycles. The first-order valence-corrected chi connectivity index (χ1v) is 9.36. The molecule has 0 atom stereocenters. The second-order valence-corrected chi connectivity index (χ2v) is 5.31. The molecule has 0 saturated carbocycles. The van der Waals surface area contributed by atoms with E-state index in [0.717, 1.165) is 6.42 Å². The average molecular weight is 528 g/mol. The van der Waals surface area contributed by atoms with E-state index in [0.29, 0.717) is 0 Å². The van der Waals surface area contributed by atoms with Gasteiger partial charge in [0.2, 0.25) is 0 Å². The Hall–Kier alpha value is -2.06. The van der Waals surface area contributed by atoms with Crippen LogP contribution in [0.4, 0.5) is 0 Å². The Morgan fingerprint density at radius 1 is 0.394 bits per heavy atom. The summed E-state index contributed by atoms with van der Waals surface area (Å²) in [5, 5.41) is 0. The van der Waals surface area contributed by atoms with Gasteiger partial charge in [-0.15, -0.1) is 6.42 Å². The third kappa shape index (κ3) is 32.2. The molecule has 1 aliphatic rings. The molecule has 4 aromatic rings. The van der Waals surface area contributed by atoms with Gasteiger partial charge in [0, 0.05) is 0 Å². The van der Waals surface area contributed by atoms with Gasteiger partial charge in [-0.05, 0) is 0 Å². The van der Waals surface area contributed by atoms with Crippen molar-refractivity contribution in [1.29, 1.82) is 0 Å². The van der Waals surface area contributed by atoms with Crippen LogP contribution >= 0.6 is 0 Å². The molecule has 1 radical (unpaired) electrons. The van der Waals surface area contributed by atoms with E-state index in [4.69, 9.17) is 0 Å². The van der Waals surface area contributed by atoms with E-state index in [1.807, 2.05) is 133 Å². The summed E-state index contributed by atoms with van der Waals surface area (Å²) in [6.07, 6.45) is 10.0. The van der Waals surface area contributed by atoms with Crippen LogP contribution in [0.5, 0.6) is 0 Å². The Morgan fingerprint density at radius 3 is 0.727 bits per heavy atom. The first kappa shape index (κ1) is 38.2. The first-order chi connectivity index (χ1) is 14.5. The zero-order valence-corrected chi connectivity index (χ0v) is 21.9. The Balaban J connectivity index is -0.000000155. The third-order valence-corrected chi connectivity index (χ3v) is 3.01. The van der Waals surface area contributed by atoms with Gasteiger partial charge in [-0.2, -0.15) is 152 Å². The summed E-state index contributed by atoms with van der Waals surface area (Å²) in [5.41, 5.74) is 0. The Bertz CT molecular complexity index is 583. The zero-order chi connectivity index (χ0) is 20.5. The fraction of sp³-hybridized carbons (Fsp3) is 0.0345. The number of hydrogen-bond acceptors (Lipinski definition) is 0. The third-order valence-electron chi connectivity index (χ3n) is 3.01. The zero-order valence-electron chi connectivity index (χ0n) is 18.1. The monoisotopic (exact) mass is 526 g/mol. The molecular weight excluding hydrogens is 503 g/mol. The Kier molecular flexibility index (Phi) is 40.0. The second-order valence-electron chi connectivity index (χ2n) is 5.31. The van der Waals surface area contributed by atoms with E-state index in [1.54, 1.807) is 0 Å². The van der Waals surface area contributed by atoms with Crippen LogP contribution in [-0.2, 0) is 21.7 Å². The second kappa shape index (κ2) is 34.6. The first-order valence-electron chi connectivity index (χ1n) is 9.36. The molecule has 0 fully saturated rings. The molecule has 1 aliphatic carbocycles. The molecule has 0 amide bonds. The number of allylic oxidation sites excluding steroid dienone is 4. The number of benzene rings is 4. The van der Waals surface area contributed by atoms with Gasteiger partial charge in [0.1, 0.15) is 0 Å². The summed E-state index contributed by atoms with van der Waals surface area (Å²) in [7, 11) is 0. The smallest absolute Gasteiger partial charge is 1.00 e. The minimum absolute atomic E-state index is 0. The quantitative estimate of drug-likeness (QED) is 0.188. The maximum absolute atomic E-state index is 2.99. The maximum Gasteiger partial charge on any atom is 3.00 e. The summed E-state index contributed by atoms with van der Waals surface area (Å²) in [4.78, 5) is 0. The van der Waals surface area contributed by atoms with Gasteiger partial charge in [0.25, 0.3) is 0 Å². The summed E-state index contributed by atoms with van der Waals surface area (Å²) in [6.45, 7) is 0. The Labute approximate surface area is 234 Å². The molecule has 0 nitrogen and oxygen atoms in total. The molecule has 171 valence electrons. The van der Waals surface area contributed by atoms with E-state index in [1.165, 1.54) is 0 Å². The molecule has 0 heterocycles. The molecule has 0 spiro atoms. The summed E-state index contributed by atoms with van der Waals surface area (Å²) in [5.74, 6) is 0. The van der Waals surface area contributed by atoms with Crippen LogP contribution < -0.4 is 37.2 Å². The summed E-state index contributed by atoms with van der Waals surface area (Å²) < 4.78 is 0. The van der Waals surface area contributed by atoms with Crippen LogP contribution in [-0.4, -0.2) is 0 Å². The van der Waals surface area contributed by atoms with Gasteiger partial charge < -0.3 is 37.2 Å². The molecule has 4 aromatic carbocycles. The van der Waals surface area contributed by atoms with Crippen molar-refractivity contribution in [3.63, 3.8) is 0 Å². The number of rotatable bonds is 0. The summed E-state index contributed by atoms with van der Waals surface area (Å²) in [6, 6.07) is 50.0. The van der Waals surface area contributed by atoms with Crippen molar-refractivity contribution in [3.05, 3.63) is 170 Å². The average Bonchev–Trinajstić information content (AvgIpc) is 3.45. The van der Waals surface area contributed by atoms with Crippen LogP contribution in [0, 0.1) is 30.3 Å². The molecule has 0 aliphatic heterocycles. The fourth-order valence-electron chi connectivity index (χ4n) is 1.71. The molecule has 5 rings (SSSR count). The van der Waals surface area contributed by atoms with Crippen LogP contribution in [0.1, 0.15) is 6.42 Å². The van der Waals surface area contributed by atoms with E-state index in [-0.39, 0.29) is 58.9 Å². The van der Waals surface area contributed by atoms with Crippen molar-refractivity contribution in [1.82, 2.24) is 0 Å². The van der Waals surface area contributed by atoms with Crippen molar-refractivity contribution < 1.29 is 58.9 Å². The molecular formula is C29H25Cl3Ti-5. The predicted octanol–water partition coefficient (Wildman–Crippen LogP) is -1.74. The minimum atomic E-state index is 0. The van der Waals surface area contributed by atoms with Gasteiger partial charge in [-0.1, -0.05) is 0 Å². The van der Waals surface area contributed by atoms with Crippen molar-refractivity contribution >= 4 is 0 Å². The van der Waals surface area contributed by atoms with Gasteiger partial charge >= 0.3 is 21.7 Å². The van der Waals surface area contributed by atoms with E-state index < -0.39 is 0 Å². The molecule has 0 N–H and O–H groups in total. The topological polar surface area (TPSA) is 0 Å². The van der Waals surface area contributed by atoms with Crippen LogP contribution in [0.15, 0.2) is 140 Å². The Morgan fingerprint density at radius 2 is 0.667 bits per heavy atom.